The second-order valence-corrected chi connectivity index (χ2v) is 9.48. The molecule has 0 spiro atoms. The van der Waals surface area contributed by atoms with E-state index in [0.29, 0.717) is 11.7 Å². The minimum Gasteiger partial charge on any atom is -0.340 e. The Morgan fingerprint density at radius 2 is 1.29 bits per heavy atom. The van der Waals surface area contributed by atoms with E-state index >= 15 is 0 Å². The van der Waals surface area contributed by atoms with Gasteiger partial charge in [-0.05, 0) is 36.8 Å². The zero-order chi connectivity index (χ0) is 21.2. The van der Waals surface area contributed by atoms with E-state index in [1.807, 2.05) is 0 Å². The van der Waals surface area contributed by atoms with E-state index < -0.39 is 0 Å². The van der Waals surface area contributed by atoms with Crippen molar-refractivity contribution in [2.75, 3.05) is 26.2 Å². The van der Waals surface area contributed by atoms with Gasteiger partial charge in [0.1, 0.15) is 5.78 Å². The molecule has 0 radical (unpaired) electrons. The van der Waals surface area contributed by atoms with E-state index in [-0.39, 0.29) is 23.8 Å². The normalized spacial score (nSPS) is 26.8. The fourth-order valence-corrected chi connectivity index (χ4v) is 6.02. The van der Waals surface area contributed by atoms with Gasteiger partial charge in [0, 0.05) is 43.9 Å². The Labute approximate surface area is 185 Å². The molecule has 1 aliphatic heterocycles. The lowest BCUT2D eigenvalue weighted by atomic mass is 9.67. The molecule has 2 aromatic carbocycles. The number of carbonyl (C=O) groups is 2. The molecule has 31 heavy (non-hydrogen) atoms. The maximum absolute atomic E-state index is 13.3. The van der Waals surface area contributed by atoms with Gasteiger partial charge >= 0.3 is 0 Å². The Morgan fingerprint density at radius 1 is 0.774 bits per heavy atom. The van der Waals surface area contributed by atoms with E-state index in [9.17, 15) is 9.59 Å². The van der Waals surface area contributed by atoms with Gasteiger partial charge in [0.25, 0.3) is 0 Å². The van der Waals surface area contributed by atoms with Crippen molar-refractivity contribution >= 4 is 11.7 Å². The summed E-state index contributed by atoms with van der Waals surface area (Å²) in [5, 5.41) is 0. The first kappa shape index (κ1) is 20.4. The van der Waals surface area contributed by atoms with Crippen LogP contribution in [0.15, 0.2) is 60.7 Å². The second kappa shape index (κ2) is 8.96. The van der Waals surface area contributed by atoms with Crippen LogP contribution in [0, 0.1) is 17.8 Å². The number of Topliss-reactive ketones (excluding diaryl/α,β-unsaturated/α-hetero) is 1. The van der Waals surface area contributed by atoms with Crippen LogP contribution >= 0.6 is 0 Å². The third kappa shape index (κ3) is 4.18. The minimum atomic E-state index is 0.0543. The Balaban J connectivity index is 1.27. The van der Waals surface area contributed by atoms with Gasteiger partial charge in [0.2, 0.25) is 5.91 Å². The SMILES string of the molecule is O=C1[C@@H]2CCC[C@H]1CC(C(=O)N1CCN(C(c3ccccc3)c3ccccc3)CC1)C2. The quantitative estimate of drug-likeness (QED) is 0.746. The van der Waals surface area contributed by atoms with Gasteiger partial charge in [-0.3, -0.25) is 14.5 Å². The molecular formula is C27H32N2O2. The summed E-state index contributed by atoms with van der Waals surface area (Å²) in [6.07, 6.45) is 4.70. The summed E-state index contributed by atoms with van der Waals surface area (Å²) in [6.45, 7) is 3.29. The average Bonchev–Trinajstić information content (AvgIpc) is 2.81. The van der Waals surface area contributed by atoms with Gasteiger partial charge in [-0.2, -0.15) is 0 Å². The number of rotatable bonds is 4. The lowest BCUT2D eigenvalue weighted by molar-refractivity contribution is -0.144. The van der Waals surface area contributed by atoms with E-state index in [1.54, 1.807) is 0 Å². The van der Waals surface area contributed by atoms with Crippen molar-refractivity contribution in [3.8, 4) is 0 Å². The molecule has 2 saturated carbocycles. The smallest absolute Gasteiger partial charge is 0.225 e. The van der Waals surface area contributed by atoms with Crippen LogP contribution in [0.25, 0.3) is 0 Å². The zero-order valence-electron chi connectivity index (χ0n) is 18.2. The lowest BCUT2D eigenvalue weighted by Crippen LogP contribution is -2.52. The van der Waals surface area contributed by atoms with Crippen molar-refractivity contribution in [3.05, 3.63) is 71.8 Å². The highest BCUT2D eigenvalue weighted by molar-refractivity contribution is 5.88. The van der Waals surface area contributed by atoms with E-state index in [2.05, 4.69) is 70.5 Å². The number of piperazine rings is 1. The lowest BCUT2D eigenvalue weighted by Gasteiger charge is -2.43. The predicted molar refractivity (Wildman–Crippen MR) is 121 cm³/mol. The molecule has 0 N–H and O–H groups in total. The van der Waals surface area contributed by atoms with Crippen LogP contribution in [0.2, 0.25) is 0 Å². The molecule has 3 fully saturated rings. The first-order chi connectivity index (χ1) is 15.2. The second-order valence-electron chi connectivity index (χ2n) is 9.48. The van der Waals surface area contributed by atoms with Gasteiger partial charge in [-0.15, -0.1) is 0 Å². The number of ketones is 1. The van der Waals surface area contributed by atoms with Crippen molar-refractivity contribution in [2.45, 2.75) is 38.1 Å². The van der Waals surface area contributed by atoms with Crippen LogP contribution in [0.4, 0.5) is 0 Å². The van der Waals surface area contributed by atoms with Gasteiger partial charge in [-0.1, -0.05) is 67.1 Å². The molecule has 4 nitrogen and oxygen atoms in total. The number of carbonyl (C=O) groups excluding carboxylic acids is 2. The molecule has 162 valence electrons. The Kier molecular flexibility index (Phi) is 5.91. The molecule has 2 aliphatic carbocycles. The third-order valence-corrected chi connectivity index (χ3v) is 7.62. The predicted octanol–water partition coefficient (Wildman–Crippen LogP) is 4.32. The molecule has 4 heteroatoms. The molecule has 2 bridgehead atoms. The maximum atomic E-state index is 13.3. The van der Waals surface area contributed by atoms with E-state index in [1.165, 1.54) is 11.1 Å². The number of fused-ring (bicyclic) bond motifs is 2. The highest BCUT2D eigenvalue weighted by Gasteiger charge is 2.42. The van der Waals surface area contributed by atoms with Gasteiger partial charge in [-0.25, -0.2) is 0 Å². The molecular weight excluding hydrogens is 384 g/mol. The van der Waals surface area contributed by atoms with Gasteiger partial charge in [0.15, 0.2) is 0 Å². The zero-order valence-corrected chi connectivity index (χ0v) is 18.2. The number of hydrogen-bond donors (Lipinski definition) is 0. The molecule has 3 aliphatic rings. The highest BCUT2D eigenvalue weighted by Crippen LogP contribution is 2.41. The Bertz CT molecular complexity index is 850. The molecule has 1 heterocycles. The summed E-state index contributed by atoms with van der Waals surface area (Å²) < 4.78 is 0. The minimum absolute atomic E-state index is 0.0543. The summed E-state index contributed by atoms with van der Waals surface area (Å²) in [7, 11) is 0. The topological polar surface area (TPSA) is 40.6 Å². The molecule has 2 aromatic rings. The van der Waals surface area contributed by atoms with Crippen LogP contribution in [-0.4, -0.2) is 47.7 Å². The summed E-state index contributed by atoms with van der Waals surface area (Å²) >= 11 is 0. The van der Waals surface area contributed by atoms with Crippen molar-refractivity contribution in [1.82, 2.24) is 9.80 Å². The van der Waals surface area contributed by atoms with Crippen molar-refractivity contribution in [2.24, 2.45) is 17.8 Å². The number of benzene rings is 2. The van der Waals surface area contributed by atoms with E-state index in [0.717, 1.165) is 58.3 Å². The summed E-state index contributed by atoms with van der Waals surface area (Å²) in [6, 6.07) is 21.6. The van der Waals surface area contributed by atoms with Crippen LogP contribution in [-0.2, 0) is 9.59 Å². The molecule has 0 aromatic heterocycles. The van der Waals surface area contributed by atoms with Gasteiger partial charge < -0.3 is 4.90 Å². The van der Waals surface area contributed by atoms with Crippen molar-refractivity contribution < 1.29 is 9.59 Å². The first-order valence-electron chi connectivity index (χ1n) is 11.9. The van der Waals surface area contributed by atoms with Crippen LogP contribution in [0.3, 0.4) is 0 Å². The summed E-state index contributed by atoms with van der Waals surface area (Å²) in [5.74, 6) is 1.07. The number of hydrogen-bond acceptors (Lipinski definition) is 3. The number of nitrogens with zero attached hydrogens (tertiary/aromatic N) is 2. The molecule has 1 amide bonds. The van der Waals surface area contributed by atoms with E-state index in [4.69, 9.17) is 0 Å². The van der Waals surface area contributed by atoms with Crippen molar-refractivity contribution in [1.29, 1.82) is 0 Å². The standard InChI is InChI=1S/C27H32N2O2/c30-26-22-12-7-13-23(26)19-24(18-22)27(31)29-16-14-28(15-17-29)25(20-8-3-1-4-9-20)21-10-5-2-6-11-21/h1-6,8-11,22-25H,7,12-19H2/t22-,23+,24?. The Morgan fingerprint density at radius 3 is 1.81 bits per heavy atom. The molecule has 5 rings (SSSR count). The molecule has 1 saturated heterocycles. The number of amides is 1. The average molecular weight is 417 g/mol. The van der Waals surface area contributed by atoms with Crippen LogP contribution in [0.5, 0.6) is 0 Å². The fourth-order valence-electron chi connectivity index (χ4n) is 6.02. The highest BCUT2D eigenvalue weighted by atomic mass is 16.2. The monoisotopic (exact) mass is 416 g/mol. The maximum Gasteiger partial charge on any atom is 0.225 e. The largest absolute Gasteiger partial charge is 0.340 e. The fraction of sp³-hybridized carbons (Fsp3) is 0.481. The van der Waals surface area contributed by atoms with Crippen LogP contribution < -0.4 is 0 Å². The third-order valence-electron chi connectivity index (χ3n) is 7.62. The molecule has 1 unspecified atom stereocenters. The Hall–Kier alpha value is -2.46. The van der Waals surface area contributed by atoms with Crippen LogP contribution in [0.1, 0.15) is 49.3 Å². The first-order valence-corrected chi connectivity index (χ1v) is 11.9. The van der Waals surface area contributed by atoms with Gasteiger partial charge in [0.05, 0.1) is 6.04 Å². The summed E-state index contributed by atoms with van der Waals surface area (Å²) in [5.41, 5.74) is 2.60. The van der Waals surface area contributed by atoms with Crippen molar-refractivity contribution in [3.63, 3.8) is 0 Å². The summed E-state index contributed by atoms with van der Waals surface area (Å²) in [4.78, 5) is 30.3. The molecule has 3 atom stereocenters.